The molecule has 0 radical (unpaired) electrons. The molecule has 0 spiro atoms. The fourth-order valence-electron chi connectivity index (χ4n) is 2.33. The zero-order chi connectivity index (χ0) is 15.6. The number of nitrogens with one attached hydrogen (secondary N) is 1. The molecule has 2 N–H and O–H groups in total. The number of carbonyl (C=O) groups is 4. The number of hydrogen-bond acceptors (Lipinski definition) is 5. The molecule has 0 aromatic heterocycles. The van der Waals surface area contributed by atoms with Crippen LogP contribution in [0, 0.1) is 0 Å². The number of amides is 4. The first-order valence-corrected chi connectivity index (χ1v) is 6.60. The minimum atomic E-state index is -1.16. The van der Waals surface area contributed by atoms with Gasteiger partial charge in [-0.15, -0.1) is 0 Å². The van der Waals surface area contributed by atoms with Gasteiger partial charge in [0, 0.05) is 20.0 Å². The van der Waals surface area contributed by atoms with Crippen molar-refractivity contribution >= 4 is 23.8 Å². The van der Waals surface area contributed by atoms with Crippen molar-refractivity contribution in [1.29, 1.82) is 0 Å². The number of likely N-dealkylation sites (N-methyl/N-ethyl adjacent to an activating group) is 1. The number of carboxylic acids is 1. The molecule has 2 aliphatic heterocycles. The SMILES string of the molecule is CN1C(=O)CCC(NC(=O)N2CCOCC2C(=O)O)C1=O. The first kappa shape index (κ1) is 15.2. The number of imide groups is 1. The van der Waals surface area contributed by atoms with Gasteiger partial charge in [-0.2, -0.15) is 0 Å². The maximum Gasteiger partial charge on any atom is 0.328 e. The highest BCUT2D eigenvalue weighted by Crippen LogP contribution is 2.13. The highest BCUT2D eigenvalue weighted by molar-refractivity contribution is 6.01. The highest BCUT2D eigenvalue weighted by Gasteiger charge is 2.37. The molecule has 0 aromatic rings. The summed E-state index contributed by atoms with van der Waals surface area (Å²) in [6, 6.07) is -2.51. The van der Waals surface area contributed by atoms with Gasteiger partial charge >= 0.3 is 12.0 Å². The molecule has 116 valence electrons. The lowest BCUT2D eigenvalue weighted by Gasteiger charge is -2.35. The molecule has 2 fully saturated rings. The second-order valence-electron chi connectivity index (χ2n) is 4.95. The van der Waals surface area contributed by atoms with Gasteiger partial charge in [0.05, 0.1) is 13.2 Å². The summed E-state index contributed by atoms with van der Waals surface area (Å²) >= 11 is 0. The Morgan fingerprint density at radius 3 is 2.76 bits per heavy atom. The van der Waals surface area contributed by atoms with Crippen molar-refractivity contribution in [2.45, 2.75) is 24.9 Å². The normalized spacial score (nSPS) is 26.7. The first-order chi connectivity index (χ1) is 9.91. The molecule has 2 aliphatic rings. The summed E-state index contributed by atoms with van der Waals surface area (Å²) in [6.45, 7) is 0.298. The van der Waals surface area contributed by atoms with Crippen LogP contribution in [0.2, 0.25) is 0 Å². The predicted molar refractivity (Wildman–Crippen MR) is 68.3 cm³/mol. The van der Waals surface area contributed by atoms with Crippen LogP contribution in [-0.2, 0) is 19.1 Å². The molecule has 0 saturated carbocycles. The van der Waals surface area contributed by atoms with Gasteiger partial charge in [0.25, 0.3) is 5.91 Å². The lowest BCUT2D eigenvalue weighted by Crippen LogP contribution is -2.60. The average molecular weight is 299 g/mol. The Kier molecular flexibility index (Phi) is 4.41. The van der Waals surface area contributed by atoms with Gasteiger partial charge in [0.2, 0.25) is 5.91 Å². The van der Waals surface area contributed by atoms with Crippen LogP contribution in [-0.4, -0.2) is 77.6 Å². The summed E-state index contributed by atoms with van der Waals surface area (Å²) in [4.78, 5) is 48.6. The van der Waals surface area contributed by atoms with E-state index in [1.807, 2.05) is 0 Å². The van der Waals surface area contributed by atoms with Crippen LogP contribution in [0.5, 0.6) is 0 Å². The Balaban J connectivity index is 2.01. The zero-order valence-corrected chi connectivity index (χ0v) is 11.6. The largest absolute Gasteiger partial charge is 0.480 e. The fraction of sp³-hybridized carbons (Fsp3) is 0.667. The van der Waals surface area contributed by atoms with E-state index in [2.05, 4.69) is 5.32 Å². The monoisotopic (exact) mass is 299 g/mol. The molecule has 0 aliphatic carbocycles. The number of carboxylic acid groups (broad SMARTS) is 1. The van der Waals surface area contributed by atoms with Crippen molar-refractivity contribution in [3.05, 3.63) is 0 Å². The van der Waals surface area contributed by atoms with Gasteiger partial charge in [0.15, 0.2) is 6.04 Å². The minimum absolute atomic E-state index is 0.0836. The van der Waals surface area contributed by atoms with Crippen LogP contribution in [0.25, 0.3) is 0 Å². The molecule has 2 rings (SSSR count). The van der Waals surface area contributed by atoms with Gasteiger partial charge < -0.3 is 20.1 Å². The lowest BCUT2D eigenvalue weighted by atomic mass is 10.0. The first-order valence-electron chi connectivity index (χ1n) is 6.60. The molecule has 2 heterocycles. The summed E-state index contributed by atoms with van der Waals surface area (Å²) in [5.74, 6) is -1.94. The topological polar surface area (TPSA) is 116 Å². The molecule has 4 amide bonds. The number of likely N-dealkylation sites (tertiary alicyclic amines) is 1. The Bertz CT molecular complexity index is 480. The second kappa shape index (κ2) is 6.08. The van der Waals surface area contributed by atoms with E-state index in [9.17, 15) is 19.2 Å². The van der Waals surface area contributed by atoms with E-state index in [1.54, 1.807) is 0 Å². The van der Waals surface area contributed by atoms with Crippen molar-refractivity contribution < 1.29 is 29.0 Å². The molecule has 0 bridgehead atoms. The number of urea groups is 1. The third-order valence-corrected chi connectivity index (χ3v) is 3.62. The lowest BCUT2D eigenvalue weighted by molar-refractivity contribution is -0.147. The molecule has 2 saturated heterocycles. The fourth-order valence-corrected chi connectivity index (χ4v) is 2.33. The maximum atomic E-state index is 12.2. The molecule has 21 heavy (non-hydrogen) atoms. The molecule has 0 aromatic carbocycles. The predicted octanol–water partition coefficient (Wildman–Crippen LogP) is -1.37. The quantitative estimate of drug-likeness (QED) is 0.608. The van der Waals surface area contributed by atoms with Gasteiger partial charge in [-0.1, -0.05) is 0 Å². The number of aliphatic carboxylic acids is 1. The van der Waals surface area contributed by atoms with Crippen molar-refractivity contribution in [1.82, 2.24) is 15.1 Å². The summed E-state index contributed by atoms with van der Waals surface area (Å²) in [5, 5.41) is 11.6. The molecular weight excluding hydrogens is 282 g/mol. The Morgan fingerprint density at radius 2 is 2.10 bits per heavy atom. The summed E-state index contributed by atoms with van der Waals surface area (Å²) < 4.78 is 5.04. The van der Waals surface area contributed by atoms with Gasteiger partial charge in [0.1, 0.15) is 6.04 Å². The van der Waals surface area contributed by atoms with E-state index in [-0.39, 0.29) is 38.5 Å². The van der Waals surface area contributed by atoms with Crippen LogP contribution < -0.4 is 5.32 Å². The Morgan fingerprint density at radius 1 is 1.38 bits per heavy atom. The Hall–Kier alpha value is -2.16. The molecular formula is C12H17N3O6. The maximum absolute atomic E-state index is 12.2. The third kappa shape index (κ3) is 3.13. The summed E-state index contributed by atoms with van der Waals surface area (Å²) in [5.41, 5.74) is 0. The number of rotatable bonds is 2. The highest BCUT2D eigenvalue weighted by atomic mass is 16.5. The minimum Gasteiger partial charge on any atom is -0.480 e. The molecule has 9 nitrogen and oxygen atoms in total. The molecule has 2 unspecified atom stereocenters. The average Bonchev–Trinajstić information content (AvgIpc) is 2.47. The Labute approximate surface area is 120 Å². The number of nitrogens with zero attached hydrogens (tertiary/aromatic N) is 2. The number of piperidine rings is 1. The zero-order valence-electron chi connectivity index (χ0n) is 11.6. The van der Waals surface area contributed by atoms with Gasteiger partial charge in [-0.3, -0.25) is 14.5 Å². The van der Waals surface area contributed by atoms with Crippen molar-refractivity contribution in [2.75, 3.05) is 26.8 Å². The van der Waals surface area contributed by atoms with Crippen molar-refractivity contribution in [3.63, 3.8) is 0 Å². The van der Waals surface area contributed by atoms with Gasteiger partial charge in [-0.05, 0) is 6.42 Å². The van der Waals surface area contributed by atoms with Crippen molar-refractivity contribution in [3.8, 4) is 0 Å². The van der Waals surface area contributed by atoms with E-state index in [1.165, 1.54) is 7.05 Å². The van der Waals surface area contributed by atoms with E-state index < -0.39 is 30.0 Å². The summed E-state index contributed by atoms with van der Waals surface area (Å²) in [7, 11) is 1.36. The summed E-state index contributed by atoms with van der Waals surface area (Å²) in [6.07, 6.45) is 0.383. The van der Waals surface area contributed by atoms with E-state index >= 15 is 0 Å². The number of morpholine rings is 1. The van der Waals surface area contributed by atoms with Crippen LogP contribution in [0.15, 0.2) is 0 Å². The number of carbonyl (C=O) groups excluding carboxylic acids is 3. The number of ether oxygens (including phenoxy) is 1. The van der Waals surface area contributed by atoms with Gasteiger partial charge in [-0.25, -0.2) is 9.59 Å². The van der Waals surface area contributed by atoms with Crippen LogP contribution >= 0.6 is 0 Å². The van der Waals surface area contributed by atoms with Crippen LogP contribution in [0.1, 0.15) is 12.8 Å². The van der Waals surface area contributed by atoms with E-state index in [4.69, 9.17) is 9.84 Å². The van der Waals surface area contributed by atoms with E-state index in [0.717, 1.165) is 9.80 Å². The van der Waals surface area contributed by atoms with Crippen LogP contribution in [0.3, 0.4) is 0 Å². The standard InChI is InChI=1S/C12H17N3O6/c1-14-9(16)3-2-7(10(14)17)13-12(20)15-4-5-21-6-8(15)11(18)19/h7-8H,2-6H2,1H3,(H,13,20)(H,18,19). The smallest absolute Gasteiger partial charge is 0.328 e. The number of hydrogen-bond donors (Lipinski definition) is 2. The van der Waals surface area contributed by atoms with E-state index in [0.29, 0.717) is 0 Å². The second-order valence-corrected chi connectivity index (χ2v) is 4.95. The van der Waals surface area contributed by atoms with Crippen molar-refractivity contribution in [2.24, 2.45) is 0 Å². The molecule has 9 heteroatoms. The van der Waals surface area contributed by atoms with Crippen LogP contribution in [0.4, 0.5) is 4.79 Å². The third-order valence-electron chi connectivity index (χ3n) is 3.62. The molecule has 2 atom stereocenters.